The number of nitro benzene ring substituents is 1. The van der Waals surface area contributed by atoms with Crippen LogP contribution in [-0.4, -0.2) is 9.91 Å². The van der Waals surface area contributed by atoms with Crippen molar-refractivity contribution in [3.05, 3.63) is 82.4 Å². The summed E-state index contributed by atoms with van der Waals surface area (Å²) in [7, 11) is 0. The first-order chi connectivity index (χ1) is 12.6. The van der Waals surface area contributed by atoms with E-state index >= 15 is 0 Å². The zero-order valence-corrected chi connectivity index (χ0v) is 13.9. The Balaban J connectivity index is 1.64. The Morgan fingerprint density at radius 3 is 2.62 bits per heavy atom. The van der Waals surface area contributed by atoms with Crippen LogP contribution in [0, 0.1) is 16.1 Å². The molecule has 0 saturated heterocycles. The fraction of sp³-hybridized carbons (Fsp3) is 0.150. The number of aromatic nitrogens is 1. The third-order valence-electron chi connectivity index (χ3n) is 4.47. The van der Waals surface area contributed by atoms with Crippen molar-refractivity contribution in [2.45, 2.75) is 18.8 Å². The van der Waals surface area contributed by atoms with Gasteiger partial charge < -0.3 is 5.32 Å². The Morgan fingerprint density at radius 1 is 1.08 bits per heavy atom. The van der Waals surface area contributed by atoms with Crippen molar-refractivity contribution in [1.82, 2.24) is 4.98 Å². The highest BCUT2D eigenvalue weighted by Crippen LogP contribution is 2.42. The van der Waals surface area contributed by atoms with Crippen LogP contribution in [-0.2, 0) is 0 Å². The van der Waals surface area contributed by atoms with E-state index in [0.717, 1.165) is 29.5 Å². The molecular weight excluding hydrogens is 333 g/mol. The average molecular weight is 349 g/mol. The normalized spacial score (nSPS) is 13.4. The Bertz CT molecular complexity index is 969. The molecule has 130 valence electrons. The number of pyridine rings is 1. The molecule has 0 aliphatic heterocycles. The summed E-state index contributed by atoms with van der Waals surface area (Å²) in [5, 5.41) is 14.6. The highest BCUT2D eigenvalue weighted by molar-refractivity contribution is 5.74. The maximum atomic E-state index is 13.0. The second kappa shape index (κ2) is 6.55. The average Bonchev–Trinajstić information content (AvgIpc) is 3.48. The van der Waals surface area contributed by atoms with Crippen molar-refractivity contribution in [2.24, 2.45) is 0 Å². The van der Waals surface area contributed by atoms with Crippen molar-refractivity contribution in [1.29, 1.82) is 0 Å². The molecule has 1 heterocycles. The number of anilines is 2. The molecule has 0 amide bonds. The molecule has 2 aromatic carbocycles. The minimum atomic E-state index is -0.533. The summed E-state index contributed by atoms with van der Waals surface area (Å²) in [6.45, 7) is 0. The van der Waals surface area contributed by atoms with Crippen molar-refractivity contribution in [2.75, 3.05) is 5.32 Å². The molecule has 0 atom stereocenters. The molecule has 5 nitrogen and oxygen atoms in total. The Kier molecular flexibility index (Phi) is 4.08. The minimum absolute atomic E-state index is 0.0725. The van der Waals surface area contributed by atoms with E-state index in [9.17, 15) is 14.5 Å². The predicted molar refractivity (Wildman–Crippen MR) is 98.0 cm³/mol. The van der Waals surface area contributed by atoms with Crippen LogP contribution in [0.25, 0.3) is 11.1 Å². The maximum Gasteiger partial charge on any atom is 0.292 e. The third-order valence-corrected chi connectivity index (χ3v) is 4.47. The molecule has 0 unspecified atom stereocenters. The van der Waals surface area contributed by atoms with E-state index in [1.165, 1.54) is 12.3 Å². The number of nitrogens with one attached hydrogen (secondary N) is 1. The van der Waals surface area contributed by atoms with Crippen LogP contribution in [0.5, 0.6) is 0 Å². The number of nitrogens with zero attached hydrogens (tertiary/aromatic N) is 2. The van der Waals surface area contributed by atoms with Gasteiger partial charge in [0.1, 0.15) is 5.69 Å². The van der Waals surface area contributed by atoms with E-state index < -0.39 is 5.95 Å². The number of rotatable bonds is 5. The maximum absolute atomic E-state index is 13.0. The number of halogens is 1. The van der Waals surface area contributed by atoms with E-state index in [1.807, 2.05) is 30.3 Å². The predicted octanol–water partition coefficient (Wildman–Crippen LogP) is 5.42. The van der Waals surface area contributed by atoms with Gasteiger partial charge in [-0.1, -0.05) is 18.2 Å². The van der Waals surface area contributed by atoms with Gasteiger partial charge in [-0.15, -0.1) is 0 Å². The van der Waals surface area contributed by atoms with E-state index in [1.54, 1.807) is 18.2 Å². The van der Waals surface area contributed by atoms with Gasteiger partial charge in [0.15, 0.2) is 0 Å². The molecule has 1 aromatic heterocycles. The molecule has 0 spiro atoms. The highest BCUT2D eigenvalue weighted by Gasteiger charge is 2.26. The lowest BCUT2D eigenvalue weighted by Crippen LogP contribution is -1.98. The smallest absolute Gasteiger partial charge is 0.292 e. The summed E-state index contributed by atoms with van der Waals surface area (Å²) in [5.41, 5.74) is 3.88. The van der Waals surface area contributed by atoms with Gasteiger partial charge in [-0.25, -0.2) is 4.98 Å². The number of benzene rings is 2. The molecule has 3 aromatic rings. The SMILES string of the molecule is O=[N+]([O-])c1cc(C2CC2)ccc1Nc1cccc(-c2ccc(F)nc2)c1. The van der Waals surface area contributed by atoms with Crippen molar-refractivity contribution >= 4 is 17.1 Å². The summed E-state index contributed by atoms with van der Waals surface area (Å²) in [6.07, 6.45) is 3.65. The van der Waals surface area contributed by atoms with Crippen molar-refractivity contribution < 1.29 is 9.31 Å². The van der Waals surface area contributed by atoms with Gasteiger partial charge in [-0.2, -0.15) is 4.39 Å². The summed E-state index contributed by atoms with van der Waals surface area (Å²) in [6, 6.07) is 15.7. The lowest BCUT2D eigenvalue weighted by atomic mass is 10.1. The fourth-order valence-electron chi connectivity index (χ4n) is 2.95. The monoisotopic (exact) mass is 349 g/mol. The second-order valence-corrected chi connectivity index (χ2v) is 6.38. The first-order valence-corrected chi connectivity index (χ1v) is 8.37. The van der Waals surface area contributed by atoms with Crippen molar-refractivity contribution in [3.63, 3.8) is 0 Å². The fourth-order valence-corrected chi connectivity index (χ4v) is 2.95. The Hall–Kier alpha value is -3.28. The molecule has 0 radical (unpaired) electrons. The van der Waals surface area contributed by atoms with Crippen molar-refractivity contribution in [3.8, 4) is 11.1 Å². The topological polar surface area (TPSA) is 68.1 Å². The van der Waals surface area contributed by atoms with Gasteiger partial charge in [-0.3, -0.25) is 10.1 Å². The number of nitro groups is 1. The van der Waals surface area contributed by atoms with Gasteiger partial charge in [0.25, 0.3) is 5.69 Å². The van der Waals surface area contributed by atoms with Gasteiger partial charge in [0.05, 0.1) is 4.92 Å². The van der Waals surface area contributed by atoms with Crippen LogP contribution in [0.1, 0.15) is 24.3 Å². The van der Waals surface area contributed by atoms with Gasteiger partial charge in [-0.05, 0) is 60.2 Å². The second-order valence-electron chi connectivity index (χ2n) is 6.38. The molecule has 1 saturated carbocycles. The molecule has 1 aliphatic carbocycles. The van der Waals surface area contributed by atoms with E-state index in [-0.39, 0.29) is 10.6 Å². The van der Waals surface area contributed by atoms with Crippen LogP contribution in [0.3, 0.4) is 0 Å². The van der Waals surface area contributed by atoms with Gasteiger partial charge in [0, 0.05) is 23.5 Å². The lowest BCUT2D eigenvalue weighted by Gasteiger charge is -2.10. The van der Waals surface area contributed by atoms with E-state index in [0.29, 0.717) is 17.3 Å². The zero-order chi connectivity index (χ0) is 18.1. The zero-order valence-electron chi connectivity index (χ0n) is 13.9. The molecule has 1 N–H and O–H groups in total. The lowest BCUT2D eigenvalue weighted by molar-refractivity contribution is -0.384. The largest absolute Gasteiger partial charge is 0.350 e. The first-order valence-electron chi connectivity index (χ1n) is 8.37. The number of hydrogen-bond donors (Lipinski definition) is 1. The molecule has 1 fully saturated rings. The molecule has 6 heteroatoms. The van der Waals surface area contributed by atoms with Crippen LogP contribution < -0.4 is 5.32 Å². The Morgan fingerprint density at radius 2 is 1.92 bits per heavy atom. The summed E-state index contributed by atoms with van der Waals surface area (Å²) in [5.74, 6) is -0.0774. The minimum Gasteiger partial charge on any atom is -0.350 e. The first kappa shape index (κ1) is 16.2. The van der Waals surface area contributed by atoms with Crippen LogP contribution in [0.15, 0.2) is 60.8 Å². The molecule has 1 aliphatic rings. The molecule has 4 rings (SSSR count). The Labute approximate surface area is 149 Å². The third kappa shape index (κ3) is 3.39. The molecular formula is C20H16FN3O2. The van der Waals surface area contributed by atoms with Gasteiger partial charge >= 0.3 is 0 Å². The molecule has 26 heavy (non-hydrogen) atoms. The van der Waals surface area contributed by atoms with Crippen LogP contribution >= 0.6 is 0 Å². The molecule has 0 bridgehead atoms. The van der Waals surface area contributed by atoms with E-state index in [4.69, 9.17) is 0 Å². The summed E-state index contributed by atoms with van der Waals surface area (Å²) in [4.78, 5) is 14.8. The summed E-state index contributed by atoms with van der Waals surface area (Å²) >= 11 is 0. The quantitative estimate of drug-likeness (QED) is 0.379. The number of hydrogen-bond acceptors (Lipinski definition) is 4. The highest BCUT2D eigenvalue weighted by atomic mass is 19.1. The van der Waals surface area contributed by atoms with E-state index in [2.05, 4.69) is 10.3 Å². The van der Waals surface area contributed by atoms with Crippen LogP contribution in [0.2, 0.25) is 0 Å². The van der Waals surface area contributed by atoms with Crippen LogP contribution in [0.4, 0.5) is 21.5 Å². The standard InChI is InChI=1S/C20H16FN3O2/c21-20-9-7-16(12-22-20)14-2-1-3-17(10-14)23-18-8-6-15(13-4-5-13)11-19(18)24(25)26/h1-3,6-13,23H,4-5H2. The summed E-state index contributed by atoms with van der Waals surface area (Å²) < 4.78 is 13.0. The van der Waals surface area contributed by atoms with Gasteiger partial charge in [0.2, 0.25) is 5.95 Å².